The van der Waals surface area contributed by atoms with Crippen LogP contribution < -0.4 is 5.32 Å². The number of hydrogen-bond donors (Lipinski definition) is 2. The van der Waals surface area contributed by atoms with Gasteiger partial charge in [-0.3, -0.25) is 9.48 Å². The van der Waals surface area contributed by atoms with Gasteiger partial charge in [-0.2, -0.15) is 5.10 Å². The van der Waals surface area contributed by atoms with Crippen LogP contribution in [-0.2, 0) is 18.4 Å². The van der Waals surface area contributed by atoms with Crippen molar-refractivity contribution in [1.29, 1.82) is 0 Å². The number of carboxylic acids is 1. The van der Waals surface area contributed by atoms with Gasteiger partial charge in [-0.25, -0.2) is 0 Å². The quantitative estimate of drug-likeness (QED) is 0.774. The van der Waals surface area contributed by atoms with Crippen molar-refractivity contribution in [2.24, 2.45) is 18.9 Å². The summed E-state index contributed by atoms with van der Waals surface area (Å²) >= 11 is 0. The predicted molar refractivity (Wildman–Crippen MR) is 70.2 cm³/mol. The van der Waals surface area contributed by atoms with E-state index in [1.165, 1.54) is 0 Å². The summed E-state index contributed by atoms with van der Waals surface area (Å²) in [6.07, 6.45) is 2.52. The highest BCUT2D eigenvalue weighted by Crippen LogP contribution is 2.12. The molecule has 5 nitrogen and oxygen atoms in total. The molecule has 0 aromatic carbocycles. The number of nitrogens with zero attached hydrogens (tertiary/aromatic N) is 2. The van der Waals surface area contributed by atoms with Crippen molar-refractivity contribution in [2.45, 2.75) is 33.7 Å². The lowest BCUT2D eigenvalue weighted by atomic mass is 9.97. The van der Waals surface area contributed by atoms with Crippen LogP contribution in [0.5, 0.6) is 0 Å². The van der Waals surface area contributed by atoms with Crippen molar-refractivity contribution in [1.82, 2.24) is 15.1 Å². The van der Waals surface area contributed by atoms with Crippen LogP contribution in [0.2, 0.25) is 0 Å². The summed E-state index contributed by atoms with van der Waals surface area (Å²) in [6, 6.07) is 0. The van der Waals surface area contributed by atoms with Crippen molar-refractivity contribution < 1.29 is 9.90 Å². The Labute approximate surface area is 108 Å². The Balaban J connectivity index is 2.44. The number of aryl methyl sites for hydroxylation is 1. The molecule has 0 aliphatic rings. The Kier molecular flexibility index (Phi) is 5.34. The molecule has 0 bridgehead atoms. The van der Waals surface area contributed by atoms with E-state index in [0.717, 1.165) is 11.3 Å². The van der Waals surface area contributed by atoms with E-state index >= 15 is 0 Å². The largest absolute Gasteiger partial charge is 0.481 e. The van der Waals surface area contributed by atoms with Crippen molar-refractivity contribution in [3.63, 3.8) is 0 Å². The molecule has 0 saturated heterocycles. The monoisotopic (exact) mass is 253 g/mol. The lowest BCUT2D eigenvalue weighted by Gasteiger charge is -2.15. The second kappa shape index (κ2) is 6.54. The van der Waals surface area contributed by atoms with Crippen molar-refractivity contribution >= 4 is 5.97 Å². The Hall–Kier alpha value is -1.36. The molecule has 0 radical (unpaired) electrons. The van der Waals surface area contributed by atoms with E-state index in [1.54, 1.807) is 0 Å². The summed E-state index contributed by atoms with van der Waals surface area (Å²) in [6.45, 7) is 7.26. The van der Waals surface area contributed by atoms with Crippen molar-refractivity contribution in [3.8, 4) is 0 Å². The first kappa shape index (κ1) is 14.7. The van der Waals surface area contributed by atoms with Gasteiger partial charge in [-0.1, -0.05) is 13.8 Å². The smallest absolute Gasteiger partial charge is 0.307 e. The van der Waals surface area contributed by atoms with E-state index in [4.69, 9.17) is 5.11 Å². The third-order valence-corrected chi connectivity index (χ3v) is 3.15. The first-order chi connectivity index (χ1) is 8.41. The molecule has 1 aromatic heterocycles. The van der Waals surface area contributed by atoms with Crippen LogP contribution in [0, 0.1) is 18.8 Å². The summed E-state index contributed by atoms with van der Waals surface area (Å²) in [5.41, 5.74) is 2.23. The van der Waals surface area contributed by atoms with Crippen LogP contribution in [0.25, 0.3) is 0 Å². The summed E-state index contributed by atoms with van der Waals surface area (Å²) < 4.78 is 1.82. The fourth-order valence-corrected chi connectivity index (χ4v) is 1.94. The number of aliphatic carboxylic acids is 1. The topological polar surface area (TPSA) is 67.2 Å². The maximum atomic E-state index is 11.1. The molecular weight excluding hydrogens is 230 g/mol. The lowest BCUT2D eigenvalue weighted by molar-refractivity contribution is -0.142. The van der Waals surface area contributed by atoms with E-state index in [1.807, 2.05) is 38.7 Å². The molecule has 0 amide bonds. The Bertz CT molecular complexity index is 399. The van der Waals surface area contributed by atoms with Gasteiger partial charge in [-0.05, 0) is 19.3 Å². The average Bonchev–Trinajstić information content (AvgIpc) is 2.58. The molecule has 1 atom stereocenters. The third-order valence-electron chi connectivity index (χ3n) is 3.15. The molecule has 1 rings (SSSR count). The highest BCUT2D eigenvalue weighted by atomic mass is 16.4. The molecule has 1 heterocycles. The summed E-state index contributed by atoms with van der Waals surface area (Å²) in [7, 11) is 1.90. The summed E-state index contributed by atoms with van der Waals surface area (Å²) in [5, 5.41) is 16.5. The number of nitrogens with one attached hydrogen (secondary N) is 1. The normalized spacial score (nSPS) is 12.9. The van der Waals surface area contributed by atoms with Gasteiger partial charge in [0.05, 0.1) is 12.1 Å². The van der Waals surface area contributed by atoms with Crippen molar-refractivity contribution in [2.75, 3.05) is 6.54 Å². The van der Waals surface area contributed by atoms with Gasteiger partial charge >= 0.3 is 5.97 Å². The molecule has 2 N–H and O–H groups in total. The second-order valence-corrected chi connectivity index (χ2v) is 5.17. The standard InChI is InChI=1S/C13H23N3O2/c1-9(2)5-11(13(17)18)6-14-7-12-8-15-16(4)10(12)3/h8-9,11,14H,5-7H2,1-4H3,(H,17,18). The van der Waals surface area contributed by atoms with E-state index in [9.17, 15) is 4.79 Å². The molecular formula is C13H23N3O2. The summed E-state index contributed by atoms with van der Waals surface area (Å²) in [4.78, 5) is 11.1. The number of rotatable bonds is 7. The van der Waals surface area contributed by atoms with E-state index in [-0.39, 0.29) is 5.92 Å². The van der Waals surface area contributed by atoms with Gasteiger partial charge in [-0.15, -0.1) is 0 Å². The Morgan fingerprint density at radius 2 is 2.22 bits per heavy atom. The van der Waals surface area contributed by atoms with E-state index in [0.29, 0.717) is 25.4 Å². The van der Waals surface area contributed by atoms with Crippen LogP contribution in [0.15, 0.2) is 6.20 Å². The minimum Gasteiger partial charge on any atom is -0.481 e. The molecule has 5 heteroatoms. The van der Waals surface area contributed by atoms with Gasteiger partial charge in [0, 0.05) is 31.4 Å². The molecule has 102 valence electrons. The zero-order valence-electron chi connectivity index (χ0n) is 11.6. The first-order valence-electron chi connectivity index (χ1n) is 6.32. The highest BCUT2D eigenvalue weighted by Gasteiger charge is 2.18. The number of aromatic nitrogens is 2. The number of carbonyl (C=O) groups is 1. The zero-order valence-corrected chi connectivity index (χ0v) is 11.6. The molecule has 0 fully saturated rings. The minimum absolute atomic E-state index is 0.318. The lowest BCUT2D eigenvalue weighted by Crippen LogP contribution is -2.29. The van der Waals surface area contributed by atoms with Crippen LogP contribution >= 0.6 is 0 Å². The number of carboxylic acid groups (broad SMARTS) is 1. The fourth-order valence-electron chi connectivity index (χ4n) is 1.94. The first-order valence-corrected chi connectivity index (χ1v) is 6.32. The van der Waals surface area contributed by atoms with Crippen LogP contribution in [0.4, 0.5) is 0 Å². The maximum absolute atomic E-state index is 11.1. The molecule has 0 aliphatic carbocycles. The molecule has 0 saturated carbocycles. The highest BCUT2D eigenvalue weighted by molar-refractivity contribution is 5.70. The fraction of sp³-hybridized carbons (Fsp3) is 0.692. The van der Waals surface area contributed by atoms with Gasteiger partial charge in [0.25, 0.3) is 0 Å². The SMILES string of the molecule is Cc1c(CNCC(CC(C)C)C(=O)O)cnn1C. The molecule has 0 spiro atoms. The molecule has 1 unspecified atom stereocenters. The van der Waals surface area contributed by atoms with Gasteiger partial charge in [0.15, 0.2) is 0 Å². The predicted octanol–water partition coefficient (Wildman–Crippen LogP) is 1.57. The molecule has 0 aliphatic heterocycles. The molecule has 18 heavy (non-hydrogen) atoms. The van der Waals surface area contributed by atoms with Crippen LogP contribution in [0.1, 0.15) is 31.5 Å². The van der Waals surface area contributed by atoms with E-state index < -0.39 is 5.97 Å². The van der Waals surface area contributed by atoms with Crippen LogP contribution in [-0.4, -0.2) is 27.4 Å². The van der Waals surface area contributed by atoms with E-state index in [2.05, 4.69) is 10.4 Å². The van der Waals surface area contributed by atoms with Crippen LogP contribution in [0.3, 0.4) is 0 Å². The van der Waals surface area contributed by atoms with Gasteiger partial charge in [0.1, 0.15) is 0 Å². The maximum Gasteiger partial charge on any atom is 0.307 e. The van der Waals surface area contributed by atoms with Gasteiger partial charge in [0.2, 0.25) is 0 Å². The number of hydrogen-bond acceptors (Lipinski definition) is 3. The zero-order chi connectivity index (χ0) is 13.7. The van der Waals surface area contributed by atoms with Gasteiger partial charge < -0.3 is 10.4 Å². The Morgan fingerprint density at radius 1 is 1.56 bits per heavy atom. The average molecular weight is 253 g/mol. The summed E-state index contributed by atoms with van der Waals surface area (Å²) in [5.74, 6) is -0.644. The third kappa shape index (κ3) is 4.14. The minimum atomic E-state index is -0.723. The second-order valence-electron chi connectivity index (χ2n) is 5.17. The Morgan fingerprint density at radius 3 is 2.67 bits per heavy atom. The molecule has 1 aromatic rings. The van der Waals surface area contributed by atoms with Crippen molar-refractivity contribution in [3.05, 3.63) is 17.5 Å².